The fraction of sp³-hybridized carbons (Fsp3) is 0.562. The monoisotopic (exact) mass is 459 g/mol. The van der Waals surface area contributed by atoms with Crippen LogP contribution in [0.4, 0.5) is 0 Å². The van der Waals surface area contributed by atoms with E-state index in [0.717, 1.165) is 0 Å². The minimum Gasteiger partial charge on any atom is -0.480 e. The summed E-state index contributed by atoms with van der Waals surface area (Å²) < 4.78 is 0. The molecule has 0 radical (unpaired) electrons. The molecule has 1 atom stereocenters. The van der Waals surface area contributed by atoms with E-state index in [2.05, 4.69) is 26.3 Å². The predicted molar refractivity (Wildman–Crippen MR) is 111 cm³/mol. The highest BCUT2D eigenvalue weighted by molar-refractivity contribution is 5.91. The molecule has 0 saturated heterocycles. The quantitative estimate of drug-likeness (QED) is 0.0635. The van der Waals surface area contributed by atoms with Gasteiger partial charge >= 0.3 is 5.97 Å². The van der Waals surface area contributed by atoms with Gasteiger partial charge in [0.15, 0.2) is 5.96 Å². The first-order valence-corrected chi connectivity index (χ1v) is 9.38. The van der Waals surface area contributed by atoms with Crippen molar-refractivity contribution in [2.75, 3.05) is 39.3 Å². The number of hydrogen-bond acceptors (Lipinski definition) is 8. The third kappa shape index (κ3) is 15.9. The van der Waals surface area contributed by atoms with Crippen LogP contribution in [0.5, 0.6) is 0 Å². The summed E-state index contributed by atoms with van der Waals surface area (Å²) >= 11 is 0. The number of carboxylic acids is 1. The second kappa shape index (κ2) is 15.8. The highest BCUT2D eigenvalue weighted by Crippen LogP contribution is 1.95. The molecule has 0 aliphatic rings. The molecule has 16 nitrogen and oxygen atoms in total. The van der Waals surface area contributed by atoms with Crippen molar-refractivity contribution in [3.63, 3.8) is 0 Å². The molecule has 0 aromatic rings. The molecule has 0 fully saturated rings. The predicted octanol–water partition coefficient (Wildman–Crippen LogP) is -5.97. The number of carbonyl (C=O) groups excluding carboxylic acids is 5. The summed E-state index contributed by atoms with van der Waals surface area (Å²) in [6, 6.07) is -0.856. The normalized spacial score (nSPS) is 10.8. The number of aliphatic imine (C=N–C) groups is 1. The molecule has 16 heteroatoms. The molecule has 0 bridgehead atoms. The van der Waals surface area contributed by atoms with Gasteiger partial charge in [-0.25, -0.2) is 0 Å². The average molecular weight is 459 g/mol. The molecule has 0 aromatic heterocycles. The molecule has 0 aliphatic carbocycles. The van der Waals surface area contributed by atoms with E-state index in [9.17, 15) is 28.8 Å². The second-order valence-electron chi connectivity index (χ2n) is 6.27. The zero-order chi connectivity index (χ0) is 24.5. The lowest BCUT2D eigenvalue weighted by Gasteiger charge is -2.12. The van der Waals surface area contributed by atoms with E-state index in [4.69, 9.17) is 22.3 Å². The van der Waals surface area contributed by atoms with Crippen molar-refractivity contribution in [3.8, 4) is 0 Å². The number of nitrogens with one attached hydrogen (secondary N) is 5. The maximum Gasteiger partial charge on any atom is 0.322 e. The van der Waals surface area contributed by atoms with Crippen molar-refractivity contribution in [2.45, 2.75) is 18.9 Å². The van der Waals surface area contributed by atoms with Gasteiger partial charge in [-0.15, -0.1) is 0 Å². The molecule has 5 amide bonds. The van der Waals surface area contributed by atoms with Crippen molar-refractivity contribution < 1.29 is 33.9 Å². The number of carbonyl (C=O) groups is 6. The Morgan fingerprint density at radius 3 is 1.53 bits per heavy atom. The van der Waals surface area contributed by atoms with Gasteiger partial charge in [0.1, 0.15) is 6.54 Å². The van der Waals surface area contributed by atoms with Gasteiger partial charge < -0.3 is 48.9 Å². The fourth-order valence-electron chi connectivity index (χ4n) is 1.91. The third-order valence-corrected chi connectivity index (χ3v) is 3.50. The molecule has 12 N–H and O–H groups in total. The Morgan fingerprint density at radius 2 is 1.12 bits per heavy atom. The van der Waals surface area contributed by atoms with Crippen LogP contribution in [0.1, 0.15) is 12.8 Å². The minimum atomic E-state index is -1.24. The Labute approximate surface area is 183 Å². The molecule has 0 heterocycles. The minimum absolute atomic E-state index is 0.0651. The highest BCUT2D eigenvalue weighted by Gasteiger charge is 2.14. The highest BCUT2D eigenvalue weighted by atomic mass is 16.4. The number of rotatable bonds is 15. The number of hydrogen-bond donors (Lipinski definition) is 9. The molecule has 0 rings (SSSR count). The van der Waals surface area contributed by atoms with Crippen LogP contribution in [0, 0.1) is 0 Å². The lowest BCUT2D eigenvalue weighted by atomic mass is 10.1. The number of carboxylic acid groups (broad SMARTS) is 1. The van der Waals surface area contributed by atoms with Crippen LogP contribution >= 0.6 is 0 Å². The van der Waals surface area contributed by atoms with Crippen LogP contribution in [-0.4, -0.2) is 91.9 Å². The molecule has 180 valence electrons. The second-order valence-corrected chi connectivity index (χ2v) is 6.27. The molecule has 32 heavy (non-hydrogen) atoms. The van der Waals surface area contributed by atoms with E-state index in [-0.39, 0.29) is 5.96 Å². The SMILES string of the molecule is NC(N)=NCCCC(N)C(=O)NCC(=O)NCC(=O)NCC(=O)NCC(=O)NCC(=O)O. The van der Waals surface area contributed by atoms with Crippen LogP contribution in [0.3, 0.4) is 0 Å². The van der Waals surface area contributed by atoms with Gasteiger partial charge in [-0.05, 0) is 12.8 Å². The van der Waals surface area contributed by atoms with E-state index >= 15 is 0 Å². The van der Waals surface area contributed by atoms with Crippen LogP contribution in [0.2, 0.25) is 0 Å². The summed E-state index contributed by atoms with van der Waals surface area (Å²) in [5, 5.41) is 19.4. The number of nitrogens with two attached hydrogens (primary N) is 3. The number of aliphatic carboxylic acids is 1. The van der Waals surface area contributed by atoms with Gasteiger partial charge in [0, 0.05) is 6.54 Å². The first-order chi connectivity index (χ1) is 15.0. The lowest BCUT2D eigenvalue weighted by molar-refractivity contribution is -0.137. The van der Waals surface area contributed by atoms with Crippen LogP contribution in [-0.2, 0) is 28.8 Å². The van der Waals surface area contributed by atoms with Gasteiger partial charge in [0.05, 0.1) is 32.2 Å². The van der Waals surface area contributed by atoms with E-state index in [1.807, 2.05) is 5.32 Å². The van der Waals surface area contributed by atoms with Gasteiger partial charge in [0.2, 0.25) is 29.5 Å². The Bertz CT molecular complexity index is 723. The van der Waals surface area contributed by atoms with E-state index in [1.165, 1.54) is 0 Å². The summed E-state index contributed by atoms with van der Waals surface area (Å²) in [6.45, 7) is -2.06. The molecular formula is C16H29N9O7. The van der Waals surface area contributed by atoms with Crippen LogP contribution < -0.4 is 43.8 Å². The van der Waals surface area contributed by atoms with Crippen LogP contribution in [0.25, 0.3) is 0 Å². The fourth-order valence-corrected chi connectivity index (χ4v) is 1.91. The maximum atomic E-state index is 11.8. The largest absolute Gasteiger partial charge is 0.480 e. The molecule has 1 unspecified atom stereocenters. The summed E-state index contributed by atoms with van der Waals surface area (Å²) in [5.41, 5.74) is 16.0. The Balaban J connectivity index is 3.94. The third-order valence-electron chi connectivity index (χ3n) is 3.50. The average Bonchev–Trinajstić information content (AvgIpc) is 2.73. The van der Waals surface area contributed by atoms with Crippen molar-refractivity contribution in [1.29, 1.82) is 0 Å². The molecule has 0 aliphatic heterocycles. The maximum absolute atomic E-state index is 11.8. The van der Waals surface area contributed by atoms with Crippen molar-refractivity contribution >= 4 is 41.5 Å². The standard InChI is InChI=1S/C16H29N9O7/c17-9(2-1-3-20-16(18)19)15(32)25-7-13(29)23-5-11(27)21-4-10(26)22-6-12(28)24-8-14(30)31/h9H,1-8,17H2,(H,21,27)(H,22,26)(H,23,29)(H,24,28)(H,25,32)(H,30,31)(H4,18,19,20). The molecule has 0 saturated carbocycles. The summed E-state index contributed by atoms with van der Waals surface area (Å²) in [5.74, 6) is -4.61. The van der Waals surface area contributed by atoms with Gasteiger partial charge in [0.25, 0.3) is 0 Å². The Hall–Kier alpha value is -3.95. The lowest BCUT2D eigenvalue weighted by Crippen LogP contribution is -2.47. The van der Waals surface area contributed by atoms with Gasteiger partial charge in [-0.1, -0.05) is 0 Å². The van der Waals surface area contributed by atoms with Gasteiger partial charge in [-0.3, -0.25) is 33.8 Å². The summed E-state index contributed by atoms with van der Waals surface area (Å²) in [7, 11) is 0. The molecule has 0 spiro atoms. The van der Waals surface area contributed by atoms with Crippen molar-refractivity contribution in [3.05, 3.63) is 0 Å². The van der Waals surface area contributed by atoms with Gasteiger partial charge in [-0.2, -0.15) is 0 Å². The molecule has 0 aromatic carbocycles. The van der Waals surface area contributed by atoms with Crippen molar-refractivity contribution in [2.24, 2.45) is 22.2 Å². The first kappa shape index (κ1) is 28.0. The van der Waals surface area contributed by atoms with Crippen LogP contribution in [0.15, 0.2) is 4.99 Å². The number of amides is 5. The molecular weight excluding hydrogens is 430 g/mol. The zero-order valence-corrected chi connectivity index (χ0v) is 17.3. The summed E-state index contributed by atoms with van der Waals surface area (Å²) in [4.78, 5) is 71.9. The Morgan fingerprint density at radius 1 is 0.719 bits per heavy atom. The Kier molecular flexibility index (Phi) is 13.9. The number of nitrogens with zero attached hydrogens (tertiary/aromatic N) is 1. The van der Waals surface area contributed by atoms with E-state index in [1.54, 1.807) is 0 Å². The zero-order valence-electron chi connectivity index (χ0n) is 17.3. The van der Waals surface area contributed by atoms with Crippen molar-refractivity contribution in [1.82, 2.24) is 26.6 Å². The smallest absolute Gasteiger partial charge is 0.322 e. The van der Waals surface area contributed by atoms with E-state index in [0.29, 0.717) is 19.4 Å². The number of guanidine groups is 1. The topological polar surface area (TPSA) is 273 Å². The first-order valence-electron chi connectivity index (χ1n) is 9.38. The van der Waals surface area contributed by atoms with E-state index < -0.39 is 74.3 Å². The summed E-state index contributed by atoms with van der Waals surface area (Å²) in [6.07, 6.45) is 0.773.